The molecule has 9 heteroatoms. The molecule has 0 aliphatic carbocycles. The SMILES string of the molecule is CC(C)n1[nH]c(=O)c2c1NC(=O)CS[C@@H]2c1cc(Cl)cc2c1OCOC2. The average molecular weight is 396 g/mol. The van der Waals surface area contributed by atoms with Crippen molar-refractivity contribution in [1.82, 2.24) is 9.78 Å². The van der Waals surface area contributed by atoms with Gasteiger partial charge in [0.25, 0.3) is 5.56 Å². The Balaban J connectivity index is 1.93. The minimum Gasteiger partial charge on any atom is -0.467 e. The van der Waals surface area contributed by atoms with Crippen molar-refractivity contribution in [2.24, 2.45) is 0 Å². The predicted octanol–water partition coefficient (Wildman–Crippen LogP) is 3.05. The highest BCUT2D eigenvalue weighted by molar-refractivity contribution is 8.00. The number of fused-ring (bicyclic) bond motifs is 2. The number of hydrogen-bond acceptors (Lipinski definition) is 5. The van der Waals surface area contributed by atoms with E-state index in [4.69, 9.17) is 21.1 Å². The maximum Gasteiger partial charge on any atom is 0.270 e. The highest BCUT2D eigenvalue weighted by Crippen LogP contribution is 2.46. The van der Waals surface area contributed by atoms with Crippen molar-refractivity contribution in [1.29, 1.82) is 0 Å². The van der Waals surface area contributed by atoms with Crippen LogP contribution in [0.1, 0.15) is 41.8 Å². The van der Waals surface area contributed by atoms with E-state index in [0.29, 0.717) is 28.8 Å². The predicted molar refractivity (Wildman–Crippen MR) is 100 cm³/mol. The first kappa shape index (κ1) is 17.5. The van der Waals surface area contributed by atoms with Crippen molar-refractivity contribution in [2.45, 2.75) is 31.7 Å². The molecule has 2 N–H and O–H groups in total. The summed E-state index contributed by atoms with van der Waals surface area (Å²) in [6, 6.07) is 3.59. The second-order valence-corrected chi connectivity index (χ2v) is 8.03. The van der Waals surface area contributed by atoms with Gasteiger partial charge in [-0.1, -0.05) is 11.6 Å². The Bertz CT molecular complexity index is 937. The first-order chi connectivity index (χ1) is 12.5. The molecule has 0 unspecified atom stereocenters. The standard InChI is InChI=1S/C17H18ClN3O4S/c1-8(2)21-16-13(17(23)20-21)15(26-6-12(22)19-16)11-4-10(18)3-9-5-24-7-25-14(9)11/h3-4,8,15H,5-7H2,1-2H3,(H,19,22)(H,20,23)/t15-/m1/s1. The molecule has 138 valence electrons. The van der Waals surface area contributed by atoms with E-state index in [2.05, 4.69) is 10.4 Å². The molecule has 1 amide bonds. The van der Waals surface area contributed by atoms with Crippen LogP contribution in [0, 0.1) is 0 Å². The Labute approximate surface area is 159 Å². The molecule has 0 saturated carbocycles. The molecule has 2 aliphatic heterocycles. The summed E-state index contributed by atoms with van der Waals surface area (Å²) in [5.74, 6) is 1.27. The number of H-pyrrole nitrogens is 1. The lowest BCUT2D eigenvalue weighted by Crippen LogP contribution is -2.17. The Morgan fingerprint density at radius 3 is 2.92 bits per heavy atom. The number of amides is 1. The molecule has 1 aromatic carbocycles. The lowest BCUT2D eigenvalue weighted by molar-refractivity contribution is -0.113. The molecule has 0 fully saturated rings. The van der Waals surface area contributed by atoms with Crippen LogP contribution in [0.15, 0.2) is 16.9 Å². The van der Waals surface area contributed by atoms with Gasteiger partial charge in [-0.25, -0.2) is 0 Å². The van der Waals surface area contributed by atoms with Gasteiger partial charge in [-0.2, -0.15) is 0 Å². The molecular formula is C17H18ClN3O4S. The number of aromatic nitrogens is 2. The topological polar surface area (TPSA) is 85.4 Å². The lowest BCUT2D eigenvalue weighted by atomic mass is 10.0. The number of ether oxygens (including phenoxy) is 2. The molecule has 3 heterocycles. The molecule has 0 saturated heterocycles. The van der Waals surface area contributed by atoms with Gasteiger partial charge in [0.05, 0.1) is 23.2 Å². The highest BCUT2D eigenvalue weighted by atomic mass is 35.5. The fraction of sp³-hybridized carbons (Fsp3) is 0.412. The summed E-state index contributed by atoms with van der Waals surface area (Å²) in [6.07, 6.45) is 0. The van der Waals surface area contributed by atoms with Crippen LogP contribution in [0.4, 0.5) is 5.82 Å². The zero-order valence-corrected chi connectivity index (χ0v) is 15.9. The third kappa shape index (κ3) is 2.91. The number of rotatable bonds is 2. The van der Waals surface area contributed by atoms with Crippen molar-refractivity contribution >= 4 is 35.1 Å². The van der Waals surface area contributed by atoms with Gasteiger partial charge in [0.1, 0.15) is 11.6 Å². The number of halogens is 1. The minimum absolute atomic E-state index is 0.00609. The fourth-order valence-corrected chi connectivity index (χ4v) is 4.66. The van der Waals surface area contributed by atoms with Crippen LogP contribution in [-0.2, 0) is 16.1 Å². The van der Waals surface area contributed by atoms with Crippen LogP contribution >= 0.6 is 23.4 Å². The Morgan fingerprint density at radius 1 is 1.35 bits per heavy atom. The quantitative estimate of drug-likeness (QED) is 0.816. The average Bonchev–Trinajstić information content (AvgIpc) is 2.81. The number of benzene rings is 1. The van der Waals surface area contributed by atoms with Gasteiger partial charge in [-0.05, 0) is 26.0 Å². The second-order valence-electron chi connectivity index (χ2n) is 6.50. The lowest BCUT2D eigenvalue weighted by Gasteiger charge is -2.24. The van der Waals surface area contributed by atoms with Gasteiger partial charge in [-0.3, -0.25) is 19.4 Å². The summed E-state index contributed by atoms with van der Waals surface area (Å²) in [7, 11) is 0. The van der Waals surface area contributed by atoms with Crippen molar-refractivity contribution in [3.05, 3.63) is 44.2 Å². The normalized spacial score (nSPS) is 19.4. The van der Waals surface area contributed by atoms with Gasteiger partial charge in [-0.15, -0.1) is 11.8 Å². The molecule has 0 spiro atoms. The summed E-state index contributed by atoms with van der Waals surface area (Å²) in [5.41, 5.74) is 1.90. The van der Waals surface area contributed by atoms with Gasteiger partial charge in [0.2, 0.25) is 5.91 Å². The summed E-state index contributed by atoms with van der Waals surface area (Å²) < 4.78 is 12.7. The molecule has 26 heavy (non-hydrogen) atoms. The number of aromatic amines is 1. The third-order valence-corrected chi connectivity index (χ3v) is 5.84. The second kappa shape index (κ2) is 6.68. The van der Waals surface area contributed by atoms with E-state index in [0.717, 1.165) is 11.1 Å². The van der Waals surface area contributed by atoms with E-state index in [1.54, 1.807) is 16.8 Å². The van der Waals surface area contributed by atoms with E-state index in [-0.39, 0.29) is 35.3 Å². The van der Waals surface area contributed by atoms with Gasteiger partial charge < -0.3 is 14.8 Å². The van der Waals surface area contributed by atoms with E-state index >= 15 is 0 Å². The first-order valence-electron chi connectivity index (χ1n) is 8.24. The van der Waals surface area contributed by atoms with Crippen LogP contribution in [-0.4, -0.2) is 28.2 Å². The number of nitrogens with one attached hydrogen (secondary N) is 2. The van der Waals surface area contributed by atoms with E-state index in [1.165, 1.54) is 11.8 Å². The number of carbonyl (C=O) groups is 1. The van der Waals surface area contributed by atoms with E-state index in [9.17, 15) is 9.59 Å². The van der Waals surface area contributed by atoms with Gasteiger partial charge in [0.15, 0.2) is 6.79 Å². The number of carbonyl (C=O) groups excluding carboxylic acids is 1. The molecule has 0 radical (unpaired) electrons. The number of hydrogen-bond donors (Lipinski definition) is 2. The van der Waals surface area contributed by atoms with Crippen molar-refractivity contribution < 1.29 is 14.3 Å². The zero-order chi connectivity index (χ0) is 18.4. The fourth-order valence-electron chi connectivity index (χ4n) is 3.28. The van der Waals surface area contributed by atoms with Crippen LogP contribution in [0.3, 0.4) is 0 Å². The molecule has 7 nitrogen and oxygen atoms in total. The maximum absolute atomic E-state index is 12.7. The monoisotopic (exact) mass is 395 g/mol. The van der Waals surface area contributed by atoms with E-state index in [1.807, 2.05) is 13.8 Å². The van der Waals surface area contributed by atoms with Crippen molar-refractivity contribution in [3.63, 3.8) is 0 Å². The smallest absolute Gasteiger partial charge is 0.270 e. The molecule has 2 aliphatic rings. The third-order valence-electron chi connectivity index (χ3n) is 4.37. The highest BCUT2D eigenvalue weighted by Gasteiger charge is 2.34. The molecule has 4 rings (SSSR count). The Kier molecular flexibility index (Phi) is 4.50. The van der Waals surface area contributed by atoms with Crippen LogP contribution in [0.2, 0.25) is 5.02 Å². The maximum atomic E-state index is 12.7. The minimum atomic E-state index is -0.377. The first-order valence-corrected chi connectivity index (χ1v) is 9.67. The molecule has 2 aromatic rings. The van der Waals surface area contributed by atoms with Crippen molar-refractivity contribution in [3.8, 4) is 5.75 Å². The van der Waals surface area contributed by atoms with Gasteiger partial charge >= 0.3 is 0 Å². The van der Waals surface area contributed by atoms with Gasteiger partial charge in [0, 0.05) is 22.2 Å². The number of nitrogens with zero attached hydrogens (tertiary/aromatic N) is 1. The molecular weight excluding hydrogens is 378 g/mol. The molecule has 0 bridgehead atoms. The summed E-state index contributed by atoms with van der Waals surface area (Å²) in [5, 5.41) is 5.86. The van der Waals surface area contributed by atoms with Crippen molar-refractivity contribution in [2.75, 3.05) is 17.9 Å². The van der Waals surface area contributed by atoms with Crippen LogP contribution in [0.5, 0.6) is 5.75 Å². The summed E-state index contributed by atoms with van der Waals surface area (Å²) in [6.45, 7) is 4.42. The van der Waals surface area contributed by atoms with Crippen LogP contribution < -0.4 is 15.6 Å². The molecule has 1 atom stereocenters. The summed E-state index contributed by atoms with van der Waals surface area (Å²) >= 11 is 7.68. The van der Waals surface area contributed by atoms with Crippen LogP contribution in [0.25, 0.3) is 0 Å². The molecule has 1 aromatic heterocycles. The number of anilines is 1. The summed E-state index contributed by atoms with van der Waals surface area (Å²) in [4.78, 5) is 25.0. The zero-order valence-electron chi connectivity index (χ0n) is 14.3. The largest absolute Gasteiger partial charge is 0.467 e. The Hall–Kier alpha value is -1.90. The van der Waals surface area contributed by atoms with E-state index < -0.39 is 0 Å². The number of thioether (sulfide) groups is 1. The Morgan fingerprint density at radius 2 is 2.15 bits per heavy atom.